The summed E-state index contributed by atoms with van der Waals surface area (Å²) in [6, 6.07) is 0. The van der Waals surface area contributed by atoms with Gasteiger partial charge in [0.2, 0.25) is 0 Å². The Bertz CT molecular complexity index is 377. The highest BCUT2D eigenvalue weighted by atomic mass is 15.3. The summed E-state index contributed by atoms with van der Waals surface area (Å²) in [4.78, 5) is 2.53. The number of aryl methyl sites for hydroxylation is 1. The number of aromatic nitrogens is 3. The normalized spacial score (nSPS) is 22.6. The van der Waals surface area contributed by atoms with Gasteiger partial charge in [-0.25, -0.2) is 0 Å². The highest BCUT2D eigenvalue weighted by Crippen LogP contribution is 2.28. The summed E-state index contributed by atoms with van der Waals surface area (Å²) in [5.74, 6) is 3.15. The minimum Gasteiger partial charge on any atom is -0.315 e. The molecule has 2 aliphatic rings. The minimum absolute atomic E-state index is 0.650. The van der Waals surface area contributed by atoms with E-state index in [0.717, 1.165) is 13.0 Å². The van der Waals surface area contributed by atoms with Crippen LogP contribution >= 0.6 is 0 Å². The molecule has 0 aliphatic carbocycles. The van der Waals surface area contributed by atoms with Gasteiger partial charge in [-0.2, -0.15) is 0 Å². The molecule has 0 spiro atoms. The standard InChI is InChI=1S/C13H22N4/c1-2-16-9-6-11(7-10-16)13-15-14-12-5-3-4-8-17(12)13/h11H,2-10H2,1H3. The van der Waals surface area contributed by atoms with Crippen molar-refractivity contribution in [3.8, 4) is 0 Å². The predicted octanol–water partition coefficient (Wildman–Crippen LogP) is 1.81. The summed E-state index contributed by atoms with van der Waals surface area (Å²) in [6.45, 7) is 7.03. The number of piperidine rings is 1. The largest absolute Gasteiger partial charge is 0.315 e. The number of fused-ring (bicyclic) bond motifs is 1. The van der Waals surface area contributed by atoms with Crippen LogP contribution in [0, 0.1) is 0 Å². The van der Waals surface area contributed by atoms with Gasteiger partial charge < -0.3 is 9.47 Å². The molecule has 0 amide bonds. The smallest absolute Gasteiger partial charge is 0.136 e. The van der Waals surface area contributed by atoms with E-state index < -0.39 is 0 Å². The van der Waals surface area contributed by atoms with Crippen molar-refractivity contribution in [2.45, 2.75) is 51.5 Å². The number of nitrogens with zero attached hydrogens (tertiary/aromatic N) is 4. The van der Waals surface area contributed by atoms with Crippen LogP contribution in [0.5, 0.6) is 0 Å². The number of likely N-dealkylation sites (tertiary alicyclic amines) is 1. The Balaban J connectivity index is 1.74. The summed E-state index contributed by atoms with van der Waals surface area (Å²) >= 11 is 0. The third-order valence-electron chi connectivity index (χ3n) is 4.29. The van der Waals surface area contributed by atoms with Crippen molar-refractivity contribution in [1.82, 2.24) is 19.7 Å². The quantitative estimate of drug-likeness (QED) is 0.782. The van der Waals surface area contributed by atoms with Crippen molar-refractivity contribution in [3.05, 3.63) is 11.6 Å². The molecule has 0 N–H and O–H groups in total. The molecule has 3 rings (SSSR count). The van der Waals surface area contributed by atoms with Gasteiger partial charge in [-0.05, 0) is 45.3 Å². The van der Waals surface area contributed by atoms with Crippen LogP contribution in [0.1, 0.15) is 50.2 Å². The Labute approximate surface area is 103 Å². The lowest BCUT2D eigenvalue weighted by Gasteiger charge is -2.31. The predicted molar refractivity (Wildman–Crippen MR) is 67.0 cm³/mol. The molecule has 4 heteroatoms. The monoisotopic (exact) mass is 234 g/mol. The summed E-state index contributed by atoms with van der Waals surface area (Å²) in [5.41, 5.74) is 0. The molecule has 0 bridgehead atoms. The number of rotatable bonds is 2. The van der Waals surface area contributed by atoms with Gasteiger partial charge in [0.05, 0.1) is 0 Å². The van der Waals surface area contributed by atoms with Crippen LogP contribution < -0.4 is 0 Å². The first-order valence-corrected chi connectivity index (χ1v) is 7.03. The molecule has 0 radical (unpaired) electrons. The molecule has 0 unspecified atom stereocenters. The van der Waals surface area contributed by atoms with E-state index in [2.05, 4.69) is 26.6 Å². The first-order chi connectivity index (χ1) is 8.38. The second kappa shape index (κ2) is 4.77. The fourth-order valence-corrected chi connectivity index (χ4v) is 3.14. The fourth-order valence-electron chi connectivity index (χ4n) is 3.14. The highest BCUT2D eigenvalue weighted by Gasteiger charge is 2.26. The van der Waals surface area contributed by atoms with Crippen LogP contribution in [0.15, 0.2) is 0 Å². The van der Waals surface area contributed by atoms with Crippen molar-refractivity contribution in [3.63, 3.8) is 0 Å². The van der Waals surface area contributed by atoms with Crippen molar-refractivity contribution >= 4 is 0 Å². The average Bonchev–Trinajstić information content (AvgIpc) is 2.83. The Morgan fingerprint density at radius 1 is 1.12 bits per heavy atom. The molecule has 1 aromatic heterocycles. The van der Waals surface area contributed by atoms with Crippen molar-refractivity contribution < 1.29 is 0 Å². The van der Waals surface area contributed by atoms with Crippen molar-refractivity contribution in [2.75, 3.05) is 19.6 Å². The summed E-state index contributed by atoms with van der Waals surface area (Å²) in [7, 11) is 0. The average molecular weight is 234 g/mol. The minimum atomic E-state index is 0.650. The summed E-state index contributed by atoms with van der Waals surface area (Å²) in [5, 5.41) is 8.84. The van der Waals surface area contributed by atoms with Crippen molar-refractivity contribution in [1.29, 1.82) is 0 Å². The van der Waals surface area contributed by atoms with Gasteiger partial charge >= 0.3 is 0 Å². The highest BCUT2D eigenvalue weighted by molar-refractivity contribution is 5.05. The van der Waals surface area contributed by atoms with E-state index in [0.29, 0.717) is 5.92 Å². The zero-order valence-corrected chi connectivity index (χ0v) is 10.7. The number of hydrogen-bond donors (Lipinski definition) is 0. The van der Waals surface area contributed by atoms with E-state index >= 15 is 0 Å². The van der Waals surface area contributed by atoms with Gasteiger partial charge in [0, 0.05) is 18.9 Å². The van der Waals surface area contributed by atoms with Crippen LogP contribution in [0.2, 0.25) is 0 Å². The maximum Gasteiger partial charge on any atom is 0.136 e. The molecule has 1 aromatic rings. The Morgan fingerprint density at radius 3 is 2.71 bits per heavy atom. The van der Waals surface area contributed by atoms with Crippen LogP contribution in [0.25, 0.3) is 0 Å². The van der Waals surface area contributed by atoms with E-state index in [1.54, 1.807) is 0 Å². The third kappa shape index (κ3) is 2.10. The molecule has 3 heterocycles. The lowest BCUT2D eigenvalue weighted by molar-refractivity contribution is 0.216. The maximum absolute atomic E-state index is 4.47. The SMILES string of the molecule is CCN1CCC(c2nnc3n2CCCC3)CC1. The second-order valence-electron chi connectivity index (χ2n) is 5.29. The molecule has 17 heavy (non-hydrogen) atoms. The van der Waals surface area contributed by atoms with E-state index in [-0.39, 0.29) is 0 Å². The van der Waals surface area contributed by atoms with Gasteiger partial charge in [-0.1, -0.05) is 6.92 Å². The molecule has 4 nitrogen and oxygen atoms in total. The first kappa shape index (κ1) is 11.2. The van der Waals surface area contributed by atoms with E-state index in [4.69, 9.17) is 0 Å². The van der Waals surface area contributed by atoms with Gasteiger partial charge in [0.1, 0.15) is 11.6 Å². The van der Waals surface area contributed by atoms with Gasteiger partial charge in [0.15, 0.2) is 0 Å². The van der Waals surface area contributed by atoms with Crippen LogP contribution in [0.3, 0.4) is 0 Å². The maximum atomic E-state index is 4.47. The summed E-state index contributed by atoms with van der Waals surface area (Å²) in [6.07, 6.45) is 6.22. The van der Waals surface area contributed by atoms with E-state index in [1.807, 2.05) is 0 Å². The molecular formula is C13H22N4. The molecule has 0 aromatic carbocycles. The topological polar surface area (TPSA) is 34.0 Å². The number of hydrogen-bond acceptors (Lipinski definition) is 3. The molecule has 1 fully saturated rings. The van der Waals surface area contributed by atoms with Crippen LogP contribution in [0.4, 0.5) is 0 Å². The lowest BCUT2D eigenvalue weighted by Crippen LogP contribution is -2.33. The van der Waals surface area contributed by atoms with Crippen LogP contribution in [-0.4, -0.2) is 39.3 Å². The first-order valence-electron chi connectivity index (χ1n) is 7.03. The Hall–Kier alpha value is -0.900. The van der Waals surface area contributed by atoms with E-state index in [1.165, 1.54) is 57.0 Å². The molecule has 0 atom stereocenters. The Morgan fingerprint density at radius 2 is 1.94 bits per heavy atom. The van der Waals surface area contributed by atoms with Gasteiger partial charge in [-0.15, -0.1) is 10.2 Å². The zero-order valence-electron chi connectivity index (χ0n) is 10.7. The van der Waals surface area contributed by atoms with Gasteiger partial charge in [0.25, 0.3) is 0 Å². The molecule has 1 saturated heterocycles. The zero-order chi connectivity index (χ0) is 11.7. The summed E-state index contributed by atoms with van der Waals surface area (Å²) < 4.78 is 2.40. The molecule has 2 aliphatic heterocycles. The molecule has 94 valence electrons. The molecule has 0 saturated carbocycles. The second-order valence-corrected chi connectivity index (χ2v) is 5.29. The lowest BCUT2D eigenvalue weighted by atomic mass is 9.95. The molecular weight excluding hydrogens is 212 g/mol. The van der Waals surface area contributed by atoms with E-state index in [9.17, 15) is 0 Å². The fraction of sp³-hybridized carbons (Fsp3) is 0.846. The Kier molecular flexibility index (Phi) is 3.14. The van der Waals surface area contributed by atoms with Crippen molar-refractivity contribution in [2.24, 2.45) is 0 Å². The van der Waals surface area contributed by atoms with Gasteiger partial charge in [-0.3, -0.25) is 0 Å². The third-order valence-corrected chi connectivity index (χ3v) is 4.29. The van der Waals surface area contributed by atoms with Crippen LogP contribution in [-0.2, 0) is 13.0 Å².